The third kappa shape index (κ3) is 4.82. The molecule has 0 saturated carbocycles. The lowest BCUT2D eigenvalue weighted by atomic mass is 9.52. The number of carbonyl (C=O) groups excluding carboxylic acids is 1. The molecule has 1 saturated heterocycles. The van der Waals surface area contributed by atoms with Crippen LogP contribution in [0.3, 0.4) is 0 Å². The van der Waals surface area contributed by atoms with Crippen molar-refractivity contribution in [1.29, 1.82) is 0 Å². The highest BCUT2D eigenvalue weighted by Gasteiger charge is 2.64. The molecule has 6 heterocycles. The number of hydrogen-bond acceptors (Lipinski definition) is 8. The van der Waals surface area contributed by atoms with E-state index in [2.05, 4.69) is 51.9 Å². The number of aliphatic hydroxyl groups excluding tert-OH is 1. The number of likely N-dealkylation sites (tertiary alicyclic amines) is 1. The number of nitrogens with one attached hydrogen (secondary N) is 2. The Kier molecular flexibility index (Phi) is 7.41. The number of aromatic hydroxyl groups is 1. The number of aliphatic hydroxyl groups is 1. The molecule has 0 radical (unpaired) electrons. The maximum atomic E-state index is 14.2. The summed E-state index contributed by atoms with van der Waals surface area (Å²) in [5.41, 5.74) is 9.53. The molecule has 5 aliphatic rings. The van der Waals surface area contributed by atoms with E-state index in [0.29, 0.717) is 28.4 Å². The SMILES string of the molecule is Cc1cc(C)c(CNC(=O)c2cc3cc(-c4ccc5c(c4)OCO5)cn3c(C(C)c3cc(O)c4c5c3C[C@@H]3[C@@H]6C=C[C@H](O)[C@H](O4)[C@]56CCN3C)c2C)c(=O)[nH]1. The zero-order valence-corrected chi connectivity index (χ0v) is 31.5. The third-order valence-electron chi connectivity index (χ3n) is 13.2. The summed E-state index contributed by atoms with van der Waals surface area (Å²) in [6.07, 6.45) is 6.48. The van der Waals surface area contributed by atoms with Crippen molar-refractivity contribution in [2.45, 2.75) is 76.7 Å². The first-order valence-corrected chi connectivity index (χ1v) is 19.1. The summed E-state index contributed by atoms with van der Waals surface area (Å²) in [6.45, 7) is 8.97. The van der Waals surface area contributed by atoms with E-state index < -0.39 is 17.6 Å². The standard InChI is InChI=1S/C44H44N4O7/c1-21-12-22(2)46-43(52)31(21)18-45-42(51)29-15-27-13-26(25-6-9-36-37(14-25)54-20-53-36)19-48(27)39(24(29)4)23(3)28-17-35(50)40-38-30(28)16-33-32-7-8-34(49)41(55-40)44(32,38)10-11-47(33)5/h6-9,12-15,17,19,23,32-34,41,49-50H,10-11,16,18,20H2,1-5H3,(H,45,51)(H,46,52)/t23?,32-,33+,34-,41-,44-/m0/s1. The van der Waals surface area contributed by atoms with Crippen LogP contribution in [0.25, 0.3) is 16.6 Å². The number of rotatable bonds is 6. The molecule has 10 rings (SSSR count). The quantitative estimate of drug-likeness (QED) is 0.167. The molecule has 3 aliphatic heterocycles. The number of hydrogen-bond donors (Lipinski definition) is 4. The van der Waals surface area contributed by atoms with Gasteiger partial charge in [-0.05, 0) is 111 Å². The Balaban J connectivity index is 1.13. The fourth-order valence-corrected chi connectivity index (χ4v) is 10.6. The fourth-order valence-electron chi connectivity index (χ4n) is 10.6. The summed E-state index contributed by atoms with van der Waals surface area (Å²) in [5, 5.41) is 26.1. The zero-order valence-electron chi connectivity index (χ0n) is 31.5. The average molecular weight is 741 g/mol. The highest BCUT2D eigenvalue weighted by atomic mass is 16.7. The highest BCUT2D eigenvalue weighted by molar-refractivity contribution is 5.97. The van der Waals surface area contributed by atoms with Crippen LogP contribution in [0.1, 0.15) is 74.4 Å². The lowest BCUT2D eigenvalue weighted by molar-refractivity contribution is -0.0454. The number of pyridine rings is 2. The Morgan fingerprint density at radius 1 is 1.07 bits per heavy atom. The summed E-state index contributed by atoms with van der Waals surface area (Å²) in [7, 11) is 2.18. The minimum absolute atomic E-state index is 0.0720. The minimum atomic E-state index is -0.773. The molecule has 6 atom stereocenters. The normalized spacial score (nSPS) is 24.8. The van der Waals surface area contributed by atoms with E-state index in [9.17, 15) is 19.8 Å². The lowest BCUT2D eigenvalue weighted by Crippen LogP contribution is -2.64. The Bertz CT molecular complexity index is 2570. The summed E-state index contributed by atoms with van der Waals surface area (Å²) < 4.78 is 20.0. The smallest absolute Gasteiger partial charge is 0.253 e. The summed E-state index contributed by atoms with van der Waals surface area (Å²) in [6, 6.07) is 13.8. The van der Waals surface area contributed by atoms with Gasteiger partial charge in [0.15, 0.2) is 23.0 Å². The average Bonchev–Trinajstić information content (AvgIpc) is 3.89. The number of piperidine rings is 1. The number of H-pyrrole nitrogens is 1. The Morgan fingerprint density at radius 3 is 2.71 bits per heavy atom. The fraction of sp³-hybridized carbons (Fsp3) is 0.364. The second-order valence-electron chi connectivity index (χ2n) is 16.2. The number of phenols is 1. The van der Waals surface area contributed by atoms with Crippen LogP contribution < -0.4 is 25.1 Å². The van der Waals surface area contributed by atoms with Gasteiger partial charge in [0.05, 0.1) is 0 Å². The largest absolute Gasteiger partial charge is 0.504 e. The first kappa shape index (κ1) is 34.0. The molecule has 1 fully saturated rings. The van der Waals surface area contributed by atoms with Crippen molar-refractivity contribution in [2.24, 2.45) is 5.92 Å². The van der Waals surface area contributed by atoms with Gasteiger partial charge in [-0.3, -0.25) is 9.59 Å². The van der Waals surface area contributed by atoms with E-state index in [1.165, 1.54) is 0 Å². The van der Waals surface area contributed by atoms with Gasteiger partial charge in [-0.1, -0.05) is 25.1 Å². The molecule has 55 heavy (non-hydrogen) atoms. The monoisotopic (exact) mass is 740 g/mol. The number of aromatic amines is 1. The molecule has 2 bridgehead atoms. The third-order valence-corrected chi connectivity index (χ3v) is 13.2. The zero-order chi connectivity index (χ0) is 38.1. The maximum Gasteiger partial charge on any atom is 0.253 e. The molecule has 11 heteroatoms. The molecule has 3 aromatic heterocycles. The van der Waals surface area contributed by atoms with Crippen LogP contribution in [0.15, 0.2) is 65.6 Å². The molecule has 5 aromatic rings. The first-order chi connectivity index (χ1) is 26.4. The minimum Gasteiger partial charge on any atom is -0.504 e. The molecule has 2 aromatic carbocycles. The second-order valence-corrected chi connectivity index (χ2v) is 16.2. The van der Waals surface area contributed by atoms with E-state index in [4.69, 9.17) is 14.2 Å². The Labute approximate surface area is 318 Å². The summed E-state index contributed by atoms with van der Waals surface area (Å²) in [4.78, 5) is 32.4. The van der Waals surface area contributed by atoms with Gasteiger partial charge in [-0.15, -0.1) is 0 Å². The molecule has 2 aliphatic carbocycles. The van der Waals surface area contributed by atoms with Crippen LogP contribution in [0.2, 0.25) is 0 Å². The predicted molar refractivity (Wildman–Crippen MR) is 206 cm³/mol. The number of amides is 1. The van der Waals surface area contributed by atoms with Crippen LogP contribution in [0.5, 0.6) is 23.0 Å². The van der Waals surface area contributed by atoms with Crippen molar-refractivity contribution >= 4 is 11.4 Å². The topological polar surface area (TPSA) is 138 Å². The van der Waals surface area contributed by atoms with Gasteiger partial charge < -0.3 is 44.0 Å². The van der Waals surface area contributed by atoms with Crippen LogP contribution in [-0.2, 0) is 18.4 Å². The van der Waals surface area contributed by atoms with Crippen molar-refractivity contribution < 1.29 is 29.2 Å². The van der Waals surface area contributed by atoms with E-state index in [1.807, 2.05) is 63.2 Å². The van der Waals surface area contributed by atoms with Gasteiger partial charge in [0.25, 0.3) is 11.5 Å². The van der Waals surface area contributed by atoms with Crippen LogP contribution in [0, 0.1) is 26.7 Å². The van der Waals surface area contributed by atoms with Crippen molar-refractivity contribution in [3.05, 3.63) is 121 Å². The van der Waals surface area contributed by atoms with Gasteiger partial charge in [0.2, 0.25) is 6.79 Å². The van der Waals surface area contributed by atoms with Crippen molar-refractivity contribution in [3.8, 4) is 34.1 Å². The number of phenolic OH excluding ortho intramolecular Hbond substituents is 1. The molecular formula is C44H44N4O7. The van der Waals surface area contributed by atoms with Gasteiger partial charge >= 0.3 is 0 Å². The Hall–Kier alpha value is -5.52. The van der Waals surface area contributed by atoms with Gasteiger partial charge in [0.1, 0.15) is 12.2 Å². The van der Waals surface area contributed by atoms with E-state index >= 15 is 0 Å². The van der Waals surface area contributed by atoms with Gasteiger partial charge in [0, 0.05) is 75.2 Å². The van der Waals surface area contributed by atoms with Crippen molar-refractivity contribution in [3.63, 3.8) is 0 Å². The summed E-state index contributed by atoms with van der Waals surface area (Å²) >= 11 is 0. The van der Waals surface area contributed by atoms with Crippen LogP contribution in [0.4, 0.5) is 0 Å². The summed E-state index contributed by atoms with van der Waals surface area (Å²) in [5.74, 6) is 1.54. The van der Waals surface area contributed by atoms with Crippen LogP contribution in [-0.4, -0.2) is 69.0 Å². The molecule has 11 nitrogen and oxygen atoms in total. The van der Waals surface area contributed by atoms with Crippen molar-refractivity contribution in [1.82, 2.24) is 19.6 Å². The first-order valence-electron chi connectivity index (χ1n) is 19.1. The van der Waals surface area contributed by atoms with Gasteiger partial charge in [-0.2, -0.15) is 0 Å². The van der Waals surface area contributed by atoms with Crippen LogP contribution >= 0.6 is 0 Å². The number of likely N-dealkylation sites (N-methyl/N-ethyl adjacent to an activating group) is 1. The predicted octanol–water partition coefficient (Wildman–Crippen LogP) is 5.54. The van der Waals surface area contributed by atoms with Crippen molar-refractivity contribution in [2.75, 3.05) is 20.4 Å². The second kappa shape index (κ2) is 12.0. The lowest BCUT2D eigenvalue weighted by Gasteiger charge is -2.56. The number of carbonyl (C=O) groups is 1. The molecule has 282 valence electrons. The van der Waals surface area contributed by atoms with E-state index in [-0.39, 0.29) is 48.4 Å². The number of fused-ring (bicyclic) bond motifs is 2. The highest BCUT2D eigenvalue weighted by Crippen LogP contribution is 2.63. The Morgan fingerprint density at radius 2 is 1.89 bits per heavy atom. The number of aromatic nitrogens is 2. The number of aryl methyl sites for hydroxylation is 2. The molecule has 1 spiro atoms. The molecule has 4 N–H and O–H groups in total. The number of ether oxygens (including phenoxy) is 3. The van der Waals surface area contributed by atoms with Gasteiger partial charge in [-0.25, -0.2) is 0 Å². The van der Waals surface area contributed by atoms with E-state index in [1.54, 1.807) is 0 Å². The maximum absolute atomic E-state index is 14.2. The molecular weight excluding hydrogens is 697 g/mol. The molecule has 1 unspecified atom stereocenters. The van der Waals surface area contributed by atoms with E-state index in [0.717, 1.165) is 75.2 Å². The number of nitrogens with zero attached hydrogens (tertiary/aromatic N) is 2. The molecule has 1 amide bonds. The number of benzene rings is 2.